The standard InChI is InChI=1S/C12H11NO3/c1-6-7(9-4-5-16-9)2-3-8-10(6)12(15)13-11(8)14/h2-3,9H,4-5H2,1H3,(H,13,14,15). The molecule has 0 bridgehead atoms. The van der Waals surface area contributed by atoms with Crippen LogP contribution in [0.1, 0.15) is 44.4 Å². The van der Waals surface area contributed by atoms with E-state index >= 15 is 0 Å². The smallest absolute Gasteiger partial charge is 0.259 e. The second kappa shape index (κ2) is 3.15. The highest BCUT2D eigenvalue weighted by Crippen LogP contribution is 2.34. The fourth-order valence-corrected chi connectivity index (χ4v) is 2.27. The van der Waals surface area contributed by atoms with E-state index < -0.39 is 0 Å². The summed E-state index contributed by atoms with van der Waals surface area (Å²) < 4.78 is 5.40. The number of carbonyl (C=O) groups is 2. The van der Waals surface area contributed by atoms with Gasteiger partial charge in [0.15, 0.2) is 0 Å². The Labute approximate surface area is 92.6 Å². The van der Waals surface area contributed by atoms with Gasteiger partial charge >= 0.3 is 0 Å². The highest BCUT2D eigenvalue weighted by Gasteiger charge is 2.32. The minimum atomic E-state index is -0.302. The second-order valence-electron chi connectivity index (χ2n) is 4.13. The van der Waals surface area contributed by atoms with Gasteiger partial charge in [0.2, 0.25) is 0 Å². The first-order valence-electron chi connectivity index (χ1n) is 5.29. The summed E-state index contributed by atoms with van der Waals surface area (Å²) in [7, 11) is 0. The van der Waals surface area contributed by atoms with Crippen LogP contribution in [0.2, 0.25) is 0 Å². The molecule has 1 unspecified atom stereocenters. The summed E-state index contributed by atoms with van der Waals surface area (Å²) in [4.78, 5) is 23.0. The number of benzene rings is 1. The topological polar surface area (TPSA) is 55.4 Å². The zero-order chi connectivity index (χ0) is 11.3. The van der Waals surface area contributed by atoms with Crippen LogP contribution in [0.4, 0.5) is 0 Å². The van der Waals surface area contributed by atoms with Crippen molar-refractivity contribution in [2.24, 2.45) is 0 Å². The third kappa shape index (κ3) is 1.13. The molecule has 4 heteroatoms. The number of carbonyl (C=O) groups excluding carboxylic acids is 2. The zero-order valence-corrected chi connectivity index (χ0v) is 8.87. The average molecular weight is 217 g/mol. The number of hydrogen-bond donors (Lipinski definition) is 1. The van der Waals surface area contributed by atoms with Crippen molar-refractivity contribution in [1.82, 2.24) is 5.32 Å². The Hall–Kier alpha value is -1.68. The van der Waals surface area contributed by atoms with Crippen molar-refractivity contribution in [2.45, 2.75) is 19.4 Å². The van der Waals surface area contributed by atoms with Crippen LogP contribution in [0.5, 0.6) is 0 Å². The van der Waals surface area contributed by atoms with Gasteiger partial charge in [-0.15, -0.1) is 0 Å². The molecule has 1 saturated heterocycles. The van der Waals surface area contributed by atoms with E-state index in [9.17, 15) is 9.59 Å². The van der Waals surface area contributed by atoms with Gasteiger partial charge in [-0.3, -0.25) is 14.9 Å². The van der Waals surface area contributed by atoms with Gasteiger partial charge in [-0.1, -0.05) is 6.07 Å². The molecule has 16 heavy (non-hydrogen) atoms. The van der Waals surface area contributed by atoms with Crippen LogP contribution in [0.15, 0.2) is 12.1 Å². The van der Waals surface area contributed by atoms with Gasteiger partial charge in [0, 0.05) is 6.42 Å². The fourth-order valence-electron chi connectivity index (χ4n) is 2.27. The molecule has 0 saturated carbocycles. The molecule has 0 aromatic heterocycles. The molecule has 2 aliphatic heterocycles. The first-order valence-corrected chi connectivity index (χ1v) is 5.29. The summed E-state index contributed by atoms with van der Waals surface area (Å²) in [5, 5.41) is 2.31. The van der Waals surface area contributed by atoms with Crippen LogP contribution in [0, 0.1) is 6.92 Å². The molecule has 0 aliphatic carbocycles. The Morgan fingerprint density at radius 3 is 2.69 bits per heavy atom. The van der Waals surface area contributed by atoms with E-state index in [0.717, 1.165) is 24.2 Å². The van der Waals surface area contributed by atoms with Gasteiger partial charge in [0.05, 0.1) is 23.8 Å². The zero-order valence-electron chi connectivity index (χ0n) is 8.87. The first-order chi connectivity index (χ1) is 7.68. The Kier molecular flexibility index (Phi) is 1.88. The molecular formula is C12H11NO3. The number of imide groups is 1. The van der Waals surface area contributed by atoms with Crippen LogP contribution in [0.3, 0.4) is 0 Å². The molecule has 2 aliphatic rings. The second-order valence-corrected chi connectivity index (χ2v) is 4.13. The van der Waals surface area contributed by atoms with Crippen LogP contribution in [-0.2, 0) is 4.74 Å². The lowest BCUT2D eigenvalue weighted by molar-refractivity contribution is -0.0530. The predicted octanol–water partition coefficient (Wildman–Crippen LogP) is 1.34. The Bertz CT molecular complexity index is 503. The molecule has 3 rings (SSSR count). The van der Waals surface area contributed by atoms with E-state index in [1.54, 1.807) is 6.07 Å². The molecule has 0 radical (unpaired) electrons. The summed E-state index contributed by atoms with van der Waals surface area (Å²) in [5.74, 6) is -0.595. The average Bonchev–Trinajstić information content (AvgIpc) is 2.44. The third-order valence-electron chi connectivity index (χ3n) is 3.25. The van der Waals surface area contributed by atoms with Crippen molar-refractivity contribution < 1.29 is 14.3 Å². The summed E-state index contributed by atoms with van der Waals surface area (Å²) in [6.45, 7) is 2.64. The monoisotopic (exact) mass is 217 g/mol. The highest BCUT2D eigenvalue weighted by atomic mass is 16.5. The molecular weight excluding hydrogens is 206 g/mol. The third-order valence-corrected chi connectivity index (χ3v) is 3.25. The van der Waals surface area contributed by atoms with E-state index in [2.05, 4.69) is 5.32 Å². The number of fused-ring (bicyclic) bond motifs is 1. The van der Waals surface area contributed by atoms with E-state index in [1.807, 2.05) is 13.0 Å². The summed E-state index contributed by atoms with van der Waals surface area (Å²) in [5.41, 5.74) is 2.88. The number of nitrogens with one attached hydrogen (secondary N) is 1. The van der Waals surface area contributed by atoms with Crippen LogP contribution in [0.25, 0.3) is 0 Å². The van der Waals surface area contributed by atoms with Gasteiger partial charge in [-0.05, 0) is 24.1 Å². The highest BCUT2D eigenvalue weighted by molar-refractivity contribution is 6.22. The first kappa shape index (κ1) is 9.54. The van der Waals surface area contributed by atoms with Gasteiger partial charge in [0.1, 0.15) is 0 Å². The van der Waals surface area contributed by atoms with E-state index in [4.69, 9.17) is 4.74 Å². The molecule has 1 aromatic carbocycles. The van der Waals surface area contributed by atoms with Crippen molar-refractivity contribution in [3.63, 3.8) is 0 Å². The number of amides is 2. The lowest BCUT2D eigenvalue weighted by atomic mass is 9.92. The van der Waals surface area contributed by atoms with Gasteiger partial charge < -0.3 is 4.74 Å². The Morgan fingerprint density at radius 2 is 2.06 bits per heavy atom. The molecule has 1 aromatic rings. The van der Waals surface area contributed by atoms with Gasteiger partial charge in [-0.25, -0.2) is 0 Å². The fraction of sp³-hybridized carbons (Fsp3) is 0.333. The van der Waals surface area contributed by atoms with Crippen molar-refractivity contribution in [3.05, 3.63) is 34.4 Å². The van der Waals surface area contributed by atoms with Gasteiger partial charge in [-0.2, -0.15) is 0 Å². The lowest BCUT2D eigenvalue weighted by Gasteiger charge is -2.28. The molecule has 2 amide bonds. The van der Waals surface area contributed by atoms with Crippen LogP contribution < -0.4 is 5.32 Å². The maximum atomic E-state index is 11.6. The largest absolute Gasteiger partial charge is 0.373 e. The molecule has 0 spiro atoms. The van der Waals surface area contributed by atoms with Crippen LogP contribution >= 0.6 is 0 Å². The minimum absolute atomic E-state index is 0.0915. The van der Waals surface area contributed by atoms with Crippen molar-refractivity contribution in [3.8, 4) is 0 Å². The molecule has 82 valence electrons. The summed E-state index contributed by atoms with van der Waals surface area (Å²) in [6.07, 6.45) is 1.07. The Morgan fingerprint density at radius 1 is 1.31 bits per heavy atom. The van der Waals surface area contributed by atoms with Crippen molar-refractivity contribution in [1.29, 1.82) is 0 Å². The molecule has 2 heterocycles. The molecule has 1 N–H and O–H groups in total. The van der Waals surface area contributed by atoms with E-state index in [-0.39, 0.29) is 17.9 Å². The van der Waals surface area contributed by atoms with Gasteiger partial charge in [0.25, 0.3) is 11.8 Å². The summed E-state index contributed by atoms with van der Waals surface area (Å²) in [6, 6.07) is 3.59. The molecule has 1 fully saturated rings. The van der Waals surface area contributed by atoms with E-state index in [1.165, 1.54) is 0 Å². The van der Waals surface area contributed by atoms with E-state index in [0.29, 0.717) is 11.1 Å². The maximum Gasteiger partial charge on any atom is 0.259 e. The van der Waals surface area contributed by atoms with Crippen molar-refractivity contribution in [2.75, 3.05) is 6.61 Å². The lowest BCUT2D eigenvalue weighted by Crippen LogP contribution is -2.21. The predicted molar refractivity (Wildman–Crippen MR) is 56.3 cm³/mol. The normalized spacial score (nSPS) is 22.7. The minimum Gasteiger partial charge on any atom is -0.373 e. The number of ether oxygens (including phenoxy) is 1. The number of rotatable bonds is 1. The van der Waals surface area contributed by atoms with Crippen LogP contribution in [-0.4, -0.2) is 18.4 Å². The molecule has 4 nitrogen and oxygen atoms in total. The summed E-state index contributed by atoms with van der Waals surface area (Å²) >= 11 is 0. The Balaban J connectivity index is 2.15. The molecule has 1 atom stereocenters. The van der Waals surface area contributed by atoms with Crippen molar-refractivity contribution >= 4 is 11.8 Å². The SMILES string of the molecule is Cc1c(C2CCO2)ccc2c1C(=O)NC2=O. The maximum absolute atomic E-state index is 11.6. The number of hydrogen-bond acceptors (Lipinski definition) is 3. The quantitative estimate of drug-likeness (QED) is 0.722.